The topological polar surface area (TPSA) is 152 Å². The van der Waals surface area contributed by atoms with Gasteiger partial charge in [-0.1, -0.05) is 17.7 Å². The Morgan fingerprint density at radius 1 is 1.14 bits per heavy atom. The van der Waals surface area contributed by atoms with Crippen LogP contribution in [0.3, 0.4) is 0 Å². The van der Waals surface area contributed by atoms with Gasteiger partial charge >= 0.3 is 0 Å². The number of rotatable bonds is 7. The zero-order chi connectivity index (χ0) is 30.8. The van der Waals surface area contributed by atoms with Crippen molar-refractivity contribution in [1.29, 1.82) is 0 Å². The minimum Gasteiger partial charge on any atom is -0.377 e. The Morgan fingerprint density at radius 2 is 1.81 bits per heavy atom. The summed E-state index contributed by atoms with van der Waals surface area (Å²) in [6.45, 7) is 5.09. The summed E-state index contributed by atoms with van der Waals surface area (Å²) in [5, 5.41) is 3.72. The second kappa shape index (κ2) is 10.5. The number of amides is 1. The van der Waals surface area contributed by atoms with E-state index in [0.29, 0.717) is 35.8 Å². The lowest BCUT2D eigenvalue weighted by Gasteiger charge is -2.22. The molecule has 0 bridgehead atoms. The molecule has 43 heavy (non-hydrogen) atoms. The largest absolute Gasteiger partial charge is 0.377 e. The Kier molecular flexibility index (Phi) is 7.08. The summed E-state index contributed by atoms with van der Waals surface area (Å²) in [7, 11) is -2.11. The fourth-order valence-electron chi connectivity index (χ4n) is 5.99. The first-order valence-corrected chi connectivity index (χ1v) is 15.8. The summed E-state index contributed by atoms with van der Waals surface area (Å²) in [6.07, 6.45) is 3.17. The number of anilines is 2. The lowest BCUT2D eigenvalue weighted by Crippen LogP contribution is -2.31. The van der Waals surface area contributed by atoms with E-state index in [9.17, 15) is 22.4 Å². The van der Waals surface area contributed by atoms with Gasteiger partial charge in [0, 0.05) is 31.6 Å². The number of fused-ring (bicyclic) bond motifs is 2. The average molecular weight is 627 g/mol. The molecule has 6 rings (SSSR count). The van der Waals surface area contributed by atoms with Crippen molar-refractivity contribution in [3.63, 3.8) is 0 Å². The SMILES string of the molecule is Cc1cc([C@@H](C)Nc2ccc(Cl)nc2C(=O)NS(C)(=O)=O)c2nc(C3[C@H]4CN(c5ncc(F)cn5)C[C@@H]34)n(C)c(=O)c2c1. The van der Waals surface area contributed by atoms with Gasteiger partial charge in [0.2, 0.25) is 16.0 Å². The second-order valence-corrected chi connectivity index (χ2v) is 13.3. The van der Waals surface area contributed by atoms with Crippen LogP contribution in [0.2, 0.25) is 5.15 Å². The first-order valence-electron chi connectivity index (χ1n) is 13.5. The van der Waals surface area contributed by atoms with Crippen molar-refractivity contribution in [1.82, 2.24) is 29.2 Å². The van der Waals surface area contributed by atoms with Crippen LogP contribution in [0.4, 0.5) is 16.0 Å². The monoisotopic (exact) mass is 626 g/mol. The normalized spacial score (nSPS) is 20.1. The van der Waals surface area contributed by atoms with Gasteiger partial charge in [0.05, 0.1) is 41.3 Å². The third kappa shape index (κ3) is 5.52. The van der Waals surface area contributed by atoms with E-state index in [1.807, 2.05) is 29.5 Å². The average Bonchev–Trinajstić information content (AvgIpc) is 3.41. The fraction of sp³-hybridized carbons (Fsp3) is 0.357. The summed E-state index contributed by atoms with van der Waals surface area (Å²) in [5.41, 5.74) is 2.03. The van der Waals surface area contributed by atoms with Crippen LogP contribution >= 0.6 is 11.6 Å². The highest BCUT2D eigenvalue weighted by molar-refractivity contribution is 7.89. The predicted octanol–water partition coefficient (Wildman–Crippen LogP) is 2.93. The van der Waals surface area contributed by atoms with Crippen LogP contribution in [-0.4, -0.2) is 58.2 Å². The molecule has 3 aromatic heterocycles. The van der Waals surface area contributed by atoms with Crippen molar-refractivity contribution in [2.24, 2.45) is 18.9 Å². The number of pyridine rings is 1. The van der Waals surface area contributed by atoms with Crippen LogP contribution in [0.25, 0.3) is 10.9 Å². The zero-order valence-corrected chi connectivity index (χ0v) is 25.2. The van der Waals surface area contributed by atoms with E-state index in [2.05, 4.69) is 20.3 Å². The summed E-state index contributed by atoms with van der Waals surface area (Å²) in [5.74, 6) is 0.329. The smallest absolute Gasteiger partial charge is 0.285 e. The third-order valence-corrected chi connectivity index (χ3v) is 8.73. The predicted molar refractivity (Wildman–Crippen MR) is 159 cm³/mol. The van der Waals surface area contributed by atoms with E-state index in [-0.39, 0.29) is 39.8 Å². The Hall–Kier alpha value is -4.17. The van der Waals surface area contributed by atoms with Gasteiger partial charge in [-0.05, 0) is 49.4 Å². The molecule has 15 heteroatoms. The number of hydrogen-bond acceptors (Lipinski definition) is 10. The minimum absolute atomic E-state index is 0.0206. The van der Waals surface area contributed by atoms with Gasteiger partial charge < -0.3 is 10.2 Å². The molecule has 1 aromatic carbocycles. The highest BCUT2D eigenvalue weighted by atomic mass is 35.5. The Labute approximate surface area is 251 Å². The summed E-state index contributed by atoms with van der Waals surface area (Å²) in [4.78, 5) is 45.6. The number of carbonyl (C=O) groups is 1. The van der Waals surface area contributed by atoms with Gasteiger partial charge in [-0.2, -0.15) is 0 Å². The number of aryl methyl sites for hydroxylation is 1. The molecule has 0 spiro atoms. The zero-order valence-electron chi connectivity index (χ0n) is 23.7. The van der Waals surface area contributed by atoms with Gasteiger partial charge in [0.15, 0.2) is 11.5 Å². The van der Waals surface area contributed by atoms with Crippen molar-refractivity contribution >= 4 is 50.1 Å². The molecule has 0 radical (unpaired) electrons. The summed E-state index contributed by atoms with van der Waals surface area (Å²) < 4.78 is 40.2. The molecular weight excluding hydrogens is 599 g/mol. The Balaban J connectivity index is 1.32. The van der Waals surface area contributed by atoms with Crippen molar-refractivity contribution in [3.8, 4) is 0 Å². The van der Waals surface area contributed by atoms with Crippen molar-refractivity contribution in [2.75, 3.05) is 29.6 Å². The van der Waals surface area contributed by atoms with Gasteiger partial charge in [-0.3, -0.25) is 14.2 Å². The standard InChI is InChI=1S/C28H28ClFN8O4S/c1-13-7-16(14(2)33-20-5-6-21(29)34-24(20)26(39)36-43(4,41)42)23-17(8-13)27(40)37(3)25(35-23)22-18-11-38(12-19(18)22)28-31-9-15(30)10-32-28/h5-10,14,18-19,22,33H,11-12H2,1-4H3,(H,36,39)/t14-,18-,19+,22?/m1/s1. The summed E-state index contributed by atoms with van der Waals surface area (Å²) >= 11 is 6.02. The molecule has 4 heterocycles. The number of aromatic nitrogens is 5. The van der Waals surface area contributed by atoms with Crippen molar-refractivity contribution in [2.45, 2.75) is 25.8 Å². The van der Waals surface area contributed by atoms with E-state index >= 15 is 0 Å². The maximum Gasteiger partial charge on any atom is 0.285 e. The highest BCUT2D eigenvalue weighted by Crippen LogP contribution is 2.57. The number of nitrogens with one attached hydrogen (secondary N) is 2. The van der Waals surface area contributed by atoms with Crippen LogP contribution in [0.1, 0.15) is 46.3 Å². The number of halogens is 2. The van der Waals surface area contributed by atoms with Crippen LogP contribution < -0.4 is 20.5 Å². The molecule has 2 aliphatic rings. The molecule has 12 nitrogen and oxygen atoms in total. The maximum atomic E-state index is 13.6. The molecule has 2 fully saturated rings. The maximum absolute atomic E-state index is 13.6. The van der Waals surface area contributed by atoms with Crippen LogP contribution in [0.5, 0.6) is 0 Å². The van der Waals surface area contributed by atoms with Crippen LogP contribution in [0, 0.1) is 24.6 Å². The Morgan fingerprint density at radius 3 is 2.47 bits per heavy atom. The van der Waals surface area contributed by atoms with Crippen molar-refractivity contribution < 1.29 is 17.6 Å². The van der Waals surface area contributed by atoms with Gasteiger partial charge in [0.25, 0.3) is 11.5 Å². The van der Waals surface area contributed by atoms with Crippen LogP contribution in [0.15, 0.2) is 41.5 Å². The molecular formula is C28H28ClFN8O4S. The number of nitrogens with zero attached hydrogens (tertiary/aromatic N) is 6. The Bertz CT molecular complexity index is 1940. The van der Waals surface area contributed by atoms with E-state index in [1.165, 1.54) is 6.07 Å². The molecule has 1 amide bonds. The third-order valence-electron chi connectivity index (χ3n) is 7.96. The van der Waals surface area contributed by atoms with Crippen LogP contribution in [-0.2, 0) is 17.1 Å². The summed E-state index contributed by atoms with van der Waals surface area (Å²) in [6, 6.07) is 6.30. The highest BCUT2D eigenvalue weighted by Gasteiger charge is 2.58. The molecule has 4 atom stereocenters. The molecule has 4 aromatic rings. The van der Waals surface area contributed by atoms with Gasteiger partial charge in [-0.25, -0.2) is 37.5 Å². The molecule has 1 aliphatic heterocycles. The first kappa shape index (κ1) is 28.9. The number of benzene rings is 1. The lowest BCUT2D eigenvalue weighted by molar-refractivity contribution is 0.0977. The molecule has 224 valence electrons. The number of sulfonamides is 1. The number of hydrogen-bond donors (Lipinski definition) is 2. The lowest BCUT2D eigenvalue weighted by atomic mass is 10.0. The van der Waals surface area contributed by atoms with Gasteiger partial charge in [0.1, 0.15) is 11.0 Å². The molecule has 1 unspecified atom stereocenters. The van der Waals surface area contributed by atoms with Crippen molar-refractivity contribution in [3.05, 3.63) is 80.6 Å². The van der Waals surface area contributed by atoms with Gasteiger partial charge in [-0.15, -0.1) is 0 Å². The minimum atomic E-state index is -3.84. The van der Waals surface area contributed by atoms with E-state index < -0.39 is 27.8 Å². The number of piperidine rings is 1. The van der Waals surface area contributed by atoms with E-state index in [4.69, 9.17) is 16.6 Å². The first-order chi connectivity index (χ1) is 20.3. The molecule has 1 saturated carbocycles. The fourth-order valence-corrected chi connectivity index (χ4v) is 6.57. The number of carbonyl (C=O) groups excluding carboxylic acids is 1. The molecule has 1 saturated heterocycles. The molecule has 1 aliphatic carbocycles. The quantitative estimate of drug-likeness (QED) is 0.293. The van der Waals surface area contributed by atoms with E-state index in [1.54, 1.807) is 23.7 Å². The second-order valence-electron chi connectivity index (χ2n) is 11.1. The van der Waals surface area contributed by atoms with E-state index in [0.717, 1.165) is 29.8 Å². The molecule has 2 N–H and O–H groups in total.